The van der Waals surface area contributed by atoms with E-state index in [-0.39, 0.29) is 0 Å². The molecule has 1 heterocycles. The lowest BCUT2D eigenvalue weighted by molar-refractivity contribution is 0.290. The highest BCUT2D eigenvalue weighted by Gasteiger charge is 2.37. The number of nitrogens with two attached hydrogens (primary N) is 1. The molecule has 1 aliphatic rings. The van der Waals surface area contributed by atoms with Gasteiger partial charge in [0, 0.05) is 17.5 Å². The Hall–Kier alpha value is -0.410. The summed E-state index contributed by atoms with van der Waals surface area (Å²) in [5, 5.41) is 3.42. The highest BCUT2D eigenvalue weighted by atomic mass is 32.1. The van der Waals surface area contributed by atoms with Crippen molar-refractivity contribution in [2.75, 3.05) is 6.54 Å². The van der Waals surface area contributed by atoms with Gasteiger partial charge >= 0.3 is 0 Å². The Labute approximate surface area is 102 Å². The standard InChI is InChI=1S/C13H22N2S/c1-3-11-4-5-13(6-11,9-14)7-12-15-10(2)8-16-12/h8,11H,3-7,9,14H2,1-2H3. The van der Waals surface area contributed by atoms with E-state index in [0.717, 1.165) is 24.6 Å². The van der Waals surface area contributed by atoms with E-state index < -0.39 is 0 Å². The van der Waals surface area contributed by atoms with Crippen molar-refractivity contribution < 1.29 is 0 Å². The molecule has 2 rings (SSSR count). The number of thiazole rings is 1. The Balaban J connectivity index is 2.06. The van der Waals surface area contributed by atoms with E-state index in [1.807, 2.05) is 0 Å². The van der Waals surface area contributed by atoms with E-state index in [0.29, 0.717) is 5.41 Å². The largest absolute Gasteiger partial charge is 0.330 e. The van der Waals surface area contributed by atoms with E-state index >= 15 is 0 Å². The van der Waals surface area contributed by atoms with Crippen molar-refractivity contribution in [3.8, 4) is 0 Å². The Morgan fingerprint density at radius 1 is 1.62 bits per heavy atom. The fraction of sp³-hybridized carbons (Fsp3) is 0.769. The zero-order valence-electron chi connectivity index (χ0n) is 10.3. The van der Waals surface area contributed by atoms with Gasteiger partial charge in [0.2, 0.25) is 0 Å². The summed E-state index contributed by atoms with van der Waals surface area (Å²) >= 11 is 1.79. The van der Waals surface area contributed by atoms with Crippen molar-refractivity contribution in [1.29, 1.82) is 0 Å². The minimum absolute atomic E-state index is 0.352. The first kappa shape index (κ1) is 12.1. The molecule has 3 heteroatoms. The first-order valence-electron chi connectivity index (χ1n) is 6.28. The molecule has 0 amide bonds. The van der Waals surface area contributed by atoms with Crippen molar-refractivity contribution in [3.63, 3.8) is 0 Å². The van der Waals surface area contributed by atoms with Gasteiger partial charge in [-0.2, -0.15) is 0 Å². The second-order valence-electron chi connectivity index (χ2n) is 5.28. The number of hydrogen-bond acceptors (Lipinski definition) is 3. The zero-order valence-corrected chi connectivity index (χ0v) is 11.1. The smallest absolute Gasteiger partial charge is 0.0934 e. The fourth-order valence-electron chi connectivity index (χ4n) is 2.90. The van der Waals surface area contributed by atoms with E-state index in [2.05, 4.69) is 24.2 Å². The highest BCUT2D eigenvalue weighted by Crippen LogP contribution is 2.44. The van der Waals surface area contributed by atoms with Crippen molar-refractivity contribution >= 4 is 11.3 Å². The third-order valence-electron chi connectivity index (χ3n) is 4.01. The third kappa shape index (κ3) is 2.46. The molecular weight excluding hydrogens is 216 g/mol. The van der Waals surface area contributed by atoms with Gasteiger partial charge in [-0.05, 0) is 44.1 Å². The van der Waals surface area contributed by atoms with E-state index in [1.165, 1.54) is 30.7 Å². The van der Waals surface area contributed by atoms with Crippen LogP contribution >= 0.6 is 11.3 Å². The molecule has 1 aromatic heterocycles. The monoisotopic (exact) mass is 238 g/mol. The van der Waals surface area contributed by atoms with E-state index in [1.54, 1.807) is 11.3 Å². The third-order valence-corrected chi connectivity index (χ3v) is 4.97. The summed E-state index contributed by atoms with van der Waals surface area (Å²) in [7, 11) is 0. The summed E-state index contributed by atoms with van der Waals surface area (Å²) in [4.78, 5) is 4.58. The highest BCUT2D eigenvalue weighted by molar-refractivity contribution is 7.09. The van der Waals surface area contributed by atoms with Crippen molar-refractivity contribution in [2.24, 2.45) is 17.1 Å². The molecule has 90 valence electrons. The minimum atomic E-state index is 0.352. The van der Waals surface area contributed by atoms with Gasteiger partial charge in [0.05, 0.1) is 5.01 Å². The topological polar surface area (TPSA) is 38.9 Å². The molecule has 2 atom stereocenters. The molecule has 0 saturated heterocycles. The number of hydrogen-bond donors (Lipinski definition) is 1. The van der Waals surface area contributed by atoms with E-state index in [9.17, 15) is 0 Å². The van der Waals surface area contributed by atoms with Gasteiger partial charge in [-0.3, -0.25) is 0 Å². The number of aryl methyl sites for hydroxylation is 1. The predicted molar refractivity (Wildman–Crippen MR) is 69.7 cm³/mol. The van der Waals surface area contributed by atoms with Crippen LogP contribution in [0.4, 0.5) is 0 Å². The van der Waals surface area contributed by atoms with Crippen LogP contribution in [0.1, 0.15) is 43.3 Å². The molecule has 2 unspecified atom stereocenters. The second-order valence-corrected chi connectivity index (χ2v) is 6.22. The molecule has 0 radical (unpaired) electrons. The molecule has 1 fully saturated rings. The molecule has 16 heavy (non-hydrogen) atoms. The van der Waals surface area contributed by atoms with Crippen LogP contribution in [0.5, 0.6) is 0 Å². The molecule has 1 aliphatic carbocycles. The summed E-state index contributed by atoms with van der Waals surface area (Å²) in [6, 6.07) is 0. The molecule has 1 aromatic rings. The number of rotatable bonds is 4. The quantitative estimate of drug-likeness (QED) is 0.875. The maximum atomic E-state index is 6.02. The van der Waals surface area contributed by atoms with Crippen molar-refractivity contribution in [1.82, 2.24) is 4.98 Å². The zero-order chi connectivity index (χ0) is 11.6. The van der Waals surface area contributed by atoms with Crippen LogP contribution < -0.4 is 5.73 Å². The first-order chi connectivity index (χ1) is 7.67. The molecule has 2 nitrogen and oxygen atoms in total. The second kappa shape index (κ2) is 4.84. The fourth-order valence-corrected chi connectivity index (χ4v) is 3.84. The van der Waals surface area contributed by atoms with Crippen LogP contribution in [0.3, 0.4) is 0 Å². The molecule has 0 aromatic carbocycles. The number of nitrogens with zero attached hydrogens (tertiary/aromatic N) is 1. The Kier molecular flexibility index (Phi) is 3.65. The molecule has 0 bridgehead atoms. The summed E-state index contributed by atoms with van der Waals surface area (Å²) < 4.78 is 0. The Bertz CT molecular complexity index is 347. The van der Waals surface area contributed by atoms with Crippen LogP contribution in [-0.2, 0) is 6.42 Å². The van der Waals surface area contributed by atoms with Crippen molar-refractivity contribution in [3.05, 3.63) is 16.1 Å². The predicted octanol–water partition coefficient (Wildman–Crippen LogP) is 3.15. The average Bonchev–Trinajstić information content (AvgIpc) is 2.87. The number of aromatic nitrogens is 1. The SMILES string of the molecule is CCC1CCC(CN)(Cc2nc(C)cs2)C1. The van der Waals surface area contributed by atoms with Crippen LogP contribution in [0, 0.1) is 18.3 Å². The average molecular weight is 238 g/mol. The van der Waals surface area contributed by atoms with Gasteiger partial charge < -0.3 is 5.73 Å². The summed E-state index contributed by atoms with van der Waals surface area (Å²) in [5.41, 5.74) is 7.52. The maximum absolute atomic E-state index is 6.02. The van der Waals surface area contributed by atoms with Gasteiger partial charge in [0.15, 0.2) is 0 Å². The van der Waals surface area contributed by atoms with Crippen LogP contribution in [0.2, 0.25) is 0 Å². The first-order valence-corrected chi connectivity index (χ1v) is 7.16. The van der Waals surface area contributed by atoms with E-state index in [4.69, 9.17) is 5.73 Å². The maximum Gasteiger partial charge on any atom is 0.0934 e. The van der Waals surface area contributed by atoms with Gasteiger partial charge in [-0.25, -0.2) is 4.98 Å². The van der Waals surface area contributed by atoms with Crippen LogP contribution in [0.15, 0.2) is 5.38 Å². The lowest BCUT2D eigenvalue weighted by Crippen LogP contribution is -2.30. The molecule has 0 aliphatic heterocycles. The molecule has 0 spiro atoms. The normalized spacial score (nSPS) is 29.8. The molecule has 1 saturated carbocycles. The van der Waals surface area contributed by atoms with Gasteiger partial charge in [0.1, 0.15) is 0 Å². The van der Waals surface area contributed by atoms with Crippen molar-refractivity contribution in [2.45, 2.75) is 46.0 Å². The van der Waals surface area contributed by atoms with Crippen LogP contribution in [-0.4, -0.2) is 11.5 Å². The van der Waals surface area contributed by atoms with Gasteiger partial charge in [-0.15, -0.1) is 11.3 Å². The van der Waals surface area contributed by atoms with Gasteiger partial charge in [0.25, 0.3) is 0 Å². The molecular formula is C13H22N2S. The summed E-state index contributed by atoms with van der Waals surface area (Å²) in [6.07, 6.45) is 6.36. The Morgan fingerprint density at radius 2 is 2.44 bits per heavy atom. The summed E-state index contributed by atoms with van der Waals surface area (Å²) in [6.45, 7) is 5.19. The van der Waals surface area contributed by atoms with Gasteiger partial charge in [-0.1, -0.05) is 13.3 Å². The minimum Gasteiger partial charge on any atom is -0.330 e. The lowest BCUT2D eigenvalue weighted by Gasteiger charge is -2.26. The lowest BCUT2D eigenvalue weighted by atomic mass is 9.82. The molecule has 2 N–H and O–H groups in total. The Morgan fingerprint density at radius 3 is 2.94 bits per heavy atom. The summed E-state index contributed by atoms with van der Waals surface area (Å²) in [5.74, 6) is 0.893. The van der Waals surface area contributed by atoms with Crippen LogP contribution in [0.25, 0.3) is 0 Å².